The molecule has 0 atom stereocenters. The Morgan fingerprint density at radius 3 is 2.18 bits per heavy atom. The molecule has 0 aliphatic carbocycles. The Morgan fingerprint density at radius 1 is 1.12 bits per heavy atom. The van der Waals surface area contributed by atoms with Crippen molar-refractivity contribution >= 4 is 10.8 Å². The van der Waals surface area contributed by atoms with Gasteiger partial charge in [-0.1, -0.05) is 24.6 Å². The highest BCUT2D eigenvalue weighted by atomic mass is 32.3. The van der Waals surface area contributed by atoms with Crippen LogP contribution in [0.5, 0.6) is 0 Å². The highest BCUT2D eigenvalue weighted by Crippen LogP contribution is 2.52. The average Bonchev–Trinajstić information content (AvgIpc) is 2.30. The Hall–Kier alpha value is -0.550. The molecule has 0 radical (unpaired) electrons. The molecule has 1 heterocycles. The first-order valence-corrected chi connectivity index (χ1v) is 7.60. The predicted molar refractivity (Wildman–Crippen MR) is 72.3 cm³/mol. The maximum Gasteiger partial charge on any atom is 0.0752 e. The summed E-state index contributed by atoms with van der Waals surface area (Å²) in [5.74, 6) is 0.694. The van der Waals surface area contributed by atoms with E-state index >= 15 is 0 Å². The lowest BCUT2D eigenvalue weighted by Crippen LogP contribution is -2.35. The molecule has 0 bridgehead atoms. The summed E-state index contributed by atoms with van der Waals surface area (Å²) in [5.41, 5.74) is 1.14. The van der Waals surface area contributed by atoms with Crippen molar-refractivity contribution in [3.05, 3.63) is 29.8 Å². The number of benzene rings is 1. The van der Waals surface area contributed by atoms with E-state index in [9.17, 15) is 9.11 Å². The van der Waals surface area contributed by atoms with Crippen LogP contribution in [-0.4, -0.2) is 26.5 Å². The van der Waals surface area contributed by atoms with Gasteiger partial charge >= 0.3 is 0 Å². The molecular weight excluding hydrogens is 234 g/mol. The number of nitrogens with zero attached hydrogens (tertiary/aromatic N) is 1. The van der Waals surface area contributed by atoms with Gasteiger partial charge in [0, 0.05) is 13.1 Å². The van der Waals surface area contributed by atoms with Crippen LogP contribution in [0.15, 0.2) is 29.2 Å². The van der Waals surface area contributed by atoms with Gasteiger partial charge in [0.25, 0.3) is 0 Å². The third-order valence-electron chi connectivity index (χ3n) is 3.44. The van der Waals surface area contributed by atoms with Crippen LogP contribution < -0.4 is 0 Å². The third-order valence-corrected chi connectivity index (χ3v) is 5.43. The molecule has 0 aromatic heterocycles. The van der Waals surface area contributed by atoms with Crippen molar-refractivity contribution in [3.8, 4) is 0 Å². The van der Waals surface area contributed by atoms with Crippen LogP contribution in [0, 0.1) is 12.8 Å². The Labute approximate surface area is 105 Å². The predicted octanol–water partition coefficient (Wildman–Crippen LogP) is 3.75. The zero-order valence-corrected chi connectivity index (χ0v) is 11.3. The van der Waals surface area contributed by atoms with Gasteiger partial charge in [0.2, 0.25) is 0 Å². The van der Waals surface area contributed by atoms with Gasteiger partial charge in [-0.25, -0.2) is 4.31 Å². The largest absolute Gasteiger partial charge is 0.281 e. The van der Waals surface area contributed by atoms with E-state index in [0.717, 1.165) is 31.5 Å². The van der Waals surface area contributed by atoms with E-state index in [0.29, 0.717) is 10.8 Å². The number of hydrogen-bond donors (Lipinski definition) is 2. The van der Waals surface area contributed by atoms with Crippen molar-refractivity contribution in [1.29, 1.82) is 0 Å². The summed E-state index contributed by atoms with van der Waals surface area (Å²) in [6.07, 6.45) is 2.09. The summed E-state index contributed by atoms with van der Waals surface area (Å²) in [5, 5.41) is 0. The van der Waals surface area contributed by atoms with Crippen LogP contribution in [0.2, 0.25) is 0 Å². The lowest BCUT2D eigenvalue weighted by Gasteiger charge is -2.45. The maximum atomic E-state index is 10.4. The van der Waals surface area contributed by atoms with E-state index in [-0.39, 0.29) is 0 Å². The van der Waals surface area contributed by atoms with Crippen LogP contribution in [0.1, 0.15) is 25.3 Å². The van der Waals surface area contributed by atoms with Crippen LogP contribution in [-0.2, 0) is 0 Å². The van der Waals surface area contributed by atoms with E-state index in [2.05, 4.69) is 6.92 Å². The van der Waals surface area contributed by atoms with Crippen LogP contribution in [0.3, 0.4) is 0 Å². The number of hydrogen-bond acceptors (Lipinski definition) is 3. The first-order valence-electron chi connectivity index (χ1n) is 6.10. The SMILES string of the molecule is Cc1ccc(S(O)(O)N2CCC(C)CC2)cc1. The number of piperidine rings is 1. The Kier molecular flexibility index (Phi) is 3.78. The fourth-order valence-corrected chi connectivity index (χ4v) is 3.63. The minimum Gasteiger partial charge on any atom is -0.281 e. The highest BCUT2D eigenvalue weighted by Gasteiger charge is 2.28. The molecule has 0 saturated carbocycles. The van der Waals surface area contributed by atoms with E-state index in [1.807, 2.05) is 35.5 Å². The fourth-order valence-electron chi connectivity index (χ4n) is 2.11. The van der Waals surface area contributed by atoms with Crippen molar-refractivity contribution in [1.82, 2.24) is 4.31 Å². The molecular formula is C13H21NO2S. The van der Waals surface area contributed by atoms with Gasteiger partial charge in [0.15, 0.2) is 0 Å². The Morgan fingerprint density at radius 2 is 1.65 bits per heavy atom. The topological polar surface area (TPSA) is 43.7 Å². The zero-order chi connectivity index (χ0) is 12.5. The summed E-state index contributed by atoms with van der Waals surface area (Å²) >= 11 is 0. The van der Waals surface area contributed by atoms with Crippen molar-refractivity contribution in [3.63, 3.8) is 0 Å². The number of aryl methyl sites for hydroxylation is 1. The molecule has 1 saturated heterocycles. The van der Waals surface area contributed by atoms with Crippen molar-refractivity contribution in [2.75, 3.05) is 13.1 Å². The second-order valence-electron chi connectivity index (χ2n) is 4.94. The monoisotopic (exact) mass is 255 g/mol. The molecule has 1 aliphatic rings. The molecule has 1 aromatic carbocycles. The molecule has 4 heteroatoms. The minimum absolute atomic E-state index is 0.637. The van der Waals surface area contributed by atoms with Gasteiger partial charge < -0.3 is 0 Å². The molecule has 1 aromatic rings. The smallest absolute Gasteiger partial charge is 0.0752 e. The molecule has 17 heavy (non-hydrogen) atoms. The van der Waals surface area contributed by atoms with Crippen molar-refractivity contribution in [2.24, 2.45) is 5.92 Å². The van der Waals surface area contributed by atoms with Crippen molar-refractivity contribution in [2.45, 2.75) is 31.6 Å². The average molecular weight is 255 g/mol. The quantitative estimate of drug-likeness (QED) is 0.846. The van der Waals surface area contributed by atoms with Gasteiger partial charge in [-0.3, -0.25) is 9.11 Å². The van der Waals surface area contributed by atoms with E-state index < -0.39 is 10.8 Å². The van der Waals surface area contributed by atoms with Crippen LogP contribution in [0.4, 0.5) is 0 Å². The maximum absolute atomic E-state index is 10.4. The molecule has 0 unspecified atom stereocenters. The van der Waals surface area contributed by atoms with Crippen LogP contribution in [0.25, 0.3) is 0 Å². The fraction of sp³-hybridized carbons (Fsp3) is 0.538. The minimum atomic E-state index is -2.77. The van der Waals surface area contributed by atoms with E-state index in [4.69, 9.17) is 0 Å². The lowest BCUT2D eigenvalue weighted by atomic mass is 10.0. The second kappa shape index (κ2) is 4.98. The first-order chi connectivity index (χ1) is 8.00. The lowest BCUT2D eigenvalue weighted by molar-refractivity contribution is 0.262. The summed E-state index contributed by atoms with van der Waals surface area (Å²) in [6, 6.07) is 7.50. The standard InChI is InChI=1S/C13H21NO2S/c1-11-3-5-13(6-4-11)17(15,16)14-9-7-12(2)8-10-14/h3-6,12,15-16H,7-10H2,1-2H3. The Bertz CT molecular complexity index is 370. The molecule has 2 N–H and O–H groups in total. The van der Waals surface area contributed by atoms with Gasteiger partial charge in [-0.2, -0.15) is 0 Å². The molecule has 2 rings (SSSR count). The van der Waals surface area contributed by atoms with E-state index in [1.54, 1.807) is 0 Å². The molecule has 1 fully saturated rings. The summed E-state index contributed by atoms with van der Waals surface area (Å²) in [4.78, 5) is 0.637. The summed E-state index contributed by atoms with van der Waals surface area (Å²) in [7, 11) is -2.77. The van der Waals surface area contributed by atoms with Gasteiger partial charge in [0.05, 0.1) is 4.90 Å². The van der Waals surface area contributed by atoms with Gasteiger partial charge in [-0.05, 0) is 37.8 Å². The normalized spacial score (nSPS) is 20.5. The Balaban J connectivity index is 2.15. The number of rotatable bonds is 2. The molecule has 96 valence electrons. The molecule has 1 aliphatic heterocycles. The first kappa shape index (κ1) is 12.9. The highest BCUT2D eigenvalue weighted by molar-refractivity contribution is 8.22. The van der Waals surface area contributed by atoms with Crippen LogP contribution >= 0.6 is 10.8 Å². The second-order valence-corrected chi connectivity index (χ2v) is 6.97. The van der Waals surface area contributed by atoms with Gasteiger partial charge in [-0.15, -0.1) is 10.8 Å². The summed E-state index contributed by atoms with van der Waals surface area (Å²) in [6.45, 7) is 5.77. The van der Waals surface area contributed by atoms with Gasteiger partial charge in [0.1, 0.15) is 0 Å². The van der Waals surface area contributed by atoms with Crippen molar-refractivity contribution < 1.29 is 9.11 Å². The molecule has 0 amide bonds. The van der Waals surface area contributed by atoms with E-state index in [1.165, 1.54) is 0 Å². The molecule has 3 nitrogen and oxygen atoms in total. The zero-order valence-electron chi connectivity index (χ0n) is 10.5. The summed E-state index contributed by atoms with van der Waals surface area (Å²) < 4.78 is 22.5. The molecule has 0 spiro atoms. The third kappa shape index (κ3) is 2.83.